The Morgan fingerprint density at radius 1 is 0.385 bits per heavy atom. The van der Waals surface area contributed by atoms with Gasteiger partial charge in [-0.3, -0.25) is 0 Å². The van der Waals surface area contributed by atoms with Crippen LogP contribution < -0.4 is 0 Å². The molecule has 0 fully saturated rings. The van der Waals surface area contributed by atoms with Gasteiger partial charge < -0.3 is 0 Å². The van der Waals surface area contributed by atoms with Crippen molar-refractivity contribution in [3.05, 3.63) is 90.7 Å². The van der Waals surface area contributed by atoms with E-state index in [0.717, 1.165) is 17.9 Å². The van der Waals surface area contributed by atoms with E-state index in [-0.39, 0.29) is 0 Å². The van der Waals surface area contributed by atoms with Gasteiger partial charge in [0.25, 0.3) is 0 Å². The third-order valence-electron chi connectivity index (χ3n) is 4.31. The summed E-state index contributed by atoms with van der Waals surface area (Å²) in [7, 11) is 0. The van der Waals surface area contributed by atoms with Gasteiger partial charge in [-0.05, 0) is 81.6 Å². The molecule has 0 saturated carbocycles. The summed E-state index contributed by atoms with van der Waals surface area (Å²) in [5.74, 6) is 0. The summed E-state index contributed by atoms with van der Waals surface area (Å²) in [4.78, 5) is 0. The van der Waals surface area contributed by atoms with E-state index in [4.69, 9.17) is 0 Å². The maximum absolute atomic E-state index is 3.70. The molecule has 4 aromatic carbocycles. The normalized spacial score (nSPS) is 11.1. The highest BCUT2D eigenvalue weighted by Crippen LogP contribution is 2.40. The lowest BCUT2D eigenvalue weighted by atomic mass is 9.93. The van der Waals surface area contributed by atoms with E-state index in [2.05, 4.69) is 137 Å². The van der Waals surface area contributed by atoms with Crippen LogP contribution in [-0.4, -0.2) is 0 Å². The van der Waals surface area contributed by atoms with Gasteiger partial charge in [0.2, 0.25) is 0 Å². The maximum atomic E-state index is 3.70. The van der Waals surface area contributed by atoms with E-state index < -0.39 is 0 Å². The second-order valence-electron chi connectivity index (χ2n) is 6.02. The lowest BCUT2D eigenvalue weighted by Gasteiger charge is -2.14. The smallest absolute Gasteiger partial charge is 0.0188 e. The molecule has 0 aliphatic rings. The van der Waals surface area contributed by atoms with Crippen molar-refractivity contribution in [2.75, 3.05) is 0 Å². The summed E-state index contributed by atoms with van der Waals surface area (Å²) in [6.07, 6.45) is 0. The van der Waals surface area contributed by atoms with Crippen LogP contribution in [0.15, 0.2) is 90.7 Å². The van der Waals surface area contributed by atoms with Gasteiger partial charge in [0.15, 0.2) is 0 Å². The second-order valence-corrected chi connectivity index (χ2v) is 9.68. The second kappa shape index (κ2) is 7.59. The van der Waals surface area contributed by atoms with Gasteiger partial charge in [0.1, 0.15) is 0 Å². The molecule has 4 heteroatoms. The molecule has 26 heavy (non-hydrogen) atoms. The predicted molar refractivity (Wildman–Crippen MR) is 126 cm³/mol. The zero-order valence-electron chi connectivity index (χ0n) is 13.4. The summed E-state index contributed by atoms with van der Waals surface area (Å²) in [6.45, 7) is 0. The minimum Gasteiger partial charge on any atom is -0.0532 e. The molecular weight excluding hydrogens is 584 g/mol. The molecular formula is C22H12Br4. The summed E-state index contributed by atoms with van der Waals surface area (Å²) in [5, 5.41) is 2.45. The highest BCUT2D eigenvalue weighted by molar-refractivity contribution is 9.11. The van der Waals surface area contributed by atoms with Gasteiger partial charge in [-0.25, -0.2) is 0 Å². The molecule has 0 saturated heterocycles. The van der Waals surface area contributed by atoms with Crippen LogP contribution in [0.3, 0.4) is 0 Å². The van der Waals surface area contributed by atoms with Crippen molar-refractivity contribution in [1.29, 1.82) is 0 Å². The first-order chi connectivity index (χ1) is 12.5. The average Bonchev–Trinajstić information content (AvgIpc) is 2.62. The summed E-state index contributed by atoms with van der Waals surface area (Å²) >= 11 is 14.4. The Bertz CT molecular complexity index is 1010. The largest absolute Gasteiger partial charge is 0.0532 e. The van der Waals surface area contributed by atoms with E-state index in [1.807, 2.05) is 0 Å². The minimum atomic E-state index is 1.07. The number of hydrogen-bond acceptors (Lipinski definition) is 0. The number of rotatable bonds is 2. The Morgan fingerprint density at radius 2 is 0.731 bits per heavy atom. The van der Waals surface area contributed by atoms with Crippen LogP contribution >= 0.6 is 63.7 Å². The SMILES string of the molecule is Brc1ccc(-c2cc(Br)cc3c(-c4ccc(Br)cc4)cc(Br)cc23)cc1. The predicted octanol–water partition coefficient (Wildman–Crippen LogP) is 9.22. The Morgan fingerprint density at radius 3 is 1.08 bits per heavy atom. The summed E-state index contributed by atoms with van der Waals surface area (Å²) in [5.41, 5.74) is 4.81. The molecule has 0 nitrogen and oxygen atoms in total. The van der Waals surface area contributed by atoms with E-state index in [1.165, 1.54) is 33.0 Å². The molecule has 0 spiro atoms. The van der Waals surface area contributed by atoms with Crippen LogP contribution in [0, 0.1) is 0 Å². The van der Waals surface area contributed by atoms with Crippen LogP contribution in [0.4, 0.5) is 0 Å². The molecule has 0 aromatic heterocycles. The Hall–Kier alpha value is -0.940. The molecule has 0 aliphatic heterocycles. The molecule has 0 heterocycles. The van der Waals surface area contributed by atoms with Gasteiger partial charge >= 0.3 is 0 Å². The maximum Gasteiger partial charge on any atom is 0.0188 e. The molecule has 0 unspecified atom stereocenters. The minimum absolute atomic E-state index is 1.07. The first-order valence-electron chi connectivity index (χ1n) is 7.96. The van der Waals surface area contributed by atoms with Gasteiger partial charge in [0.05, 0.1) is 0 Å². The standard InChI is InChI=1S/C22H12Br4/c23-15-5-1-13(2-6-15)19-9-17(25)12-22-20(10-18(26)11-21(19)22)14-3-7-16(24)8-4-14/h1-12H. The zero-order chi connectivity index (χ0) is 18.3. The lowest BCUT2D eigenvalue weighted by molar-refractivity contribution is 1.58. The molecule has 0 aliphatic carbocycles. The lowest BCUT2D eigenvalue weighted by Crippen LogP contribution is -1.87. The van der Waals surface area contributed by atoms with Gasteiger partial charge in [-0.15, -0.1) is 0 Å². The monoisotopic (exact) mass is 592 g/mol. The van der Waals surface area contributed by atoms with Crippen molar-refractivity contribution < 1.29 is 0 Å². The molecule has 0 atom stereocenters. The topological polar surface area (TPSA) is 0 Å². The van der Waals surface area contributed by atoms with Crippen molar-refractivity contribution in [3.63, 3.8) is 0 Å². The number of fused-ring (bicyclic) bond motifs is 1. The summed E-state index contributed by atoms with van der Waals surface area (Å²) in [6, 6.07) is 25.7. The van der Waals surface area contributed by atoms with Gasteiger partial charge in [-0.2, -0.15) is 0 Å². The van der Waals surface area contributed by atoms with Crippen molar-refractivity contribution in [2.24, 2.45) is 0 Å². The molecule has 128 valence electrons. The van der Waals surface area contributed by atoms with Crippen LogP contribution in [0.5, 0.6) is 0 Å². The summed E-state index contributed by atoms with van der Waals surface area (Å²) < 4.78 is 4.31. The van der Waals surface area contributed by atoms with E-state index in [0.29, 0.717) is 0 Å². The van der Waals surface area contributed by atoms with Crippen molar-refractivity contribution in [2.45, 2.75) is 0 Å². The molecule has 0 bridgehead atoms. The molecule has 4 rings (SSSR count). The highest BCUT2D eigenvalue weighted by Gasteiger charge is 2.12. The highest BCUT2D eigenvalue weighted by atomic mass is 79.9. The van der Waals surface area contributed by atoms with Crippen molar-refractivity contribution in [3.8, 4) is 22.3 Å². The van der Waals surface area contributed by atoms with Crippen LogP contribution in [0.1, 0.15) is 0 Å². The average molecular weight is 596 g/mol. The first-order valence-corrected chi connectivity index (χ1v) is 11.1. The van der Waals surface area contributed by atoms with Gasteiger partial charge in [0, 0.05) is 17.9 Å². The molecule has 0 amide bonds. The fourth-order valence-electron chi connectivity index (χ4n) is 3.13. The Kier molecular flexibility index (Phi) is 5.38. The fraction of sp³-hybridized carbons (Fsp3) is 0. The van der Waals surface area contributed by atoms with Crippen LogP contribution in [0.2, 0.25) is 0 Å². The number of hydrogen-bond donors (Lipinski definition) is 0. The third kappa shape index (κ3) is 3.70. The van der Waals surface area contributed by atoms with Crippen molar-refractivity contribution in [1.82, 2.24) is 0 Å². The van der Waals surface area contributed by atoms with E-state index in [9.17, 15) is 0 Å². The quantitative estimate of drug-likeness (QED) is 0.217. The van der Waals surface area contributed by atoms with Gasteiger partial charge in [-0.1, -0.05) is 88.0 Å². The number of benzene rings is 4. The first kappa shape index (κ1) is 18.4. The fourth-order valence-corrected chi connectivity index (χ4v) is 4.57. The zero-order valence-corrected chi connectivity index (χ0v) is 19.8. The van der Waals surface area contributed by atoms with Crippen molar-refractivity contribution >= 4 is 74.5 Å². The number of halogens is 4. The Labute approximate surface area is 186 Å². The third-order valence-corrected chi connectivity index (χ3v) is 6.28. The van der Waals surface area contributed by atoms with E-state index >= 15 is 0 Å². The molecule has 4 aromatic rings. The molecule has 0 N–H and O–H groups in total. The molecule has 0 radical (unpaired) electrons. The Balaban J connectivity index is 2.04. The van der Waals surface area contributed by atoms with E-state index in [1.54, 1.807) is 0 Å². The van der Waals surface area contributed by atoms with Crippen LogP contribution in [0.25, 0.3) is 33.0 Å². The van der Waals surface area contributed by atoms with Crippen LogP contribution in [-0.2, 0) is 0 Å².